The molecule has 1 unspecified atom stereocenters. The maximum absolute atomic E-state index is 12.0. The van der Waals surface area contributed by atoms with Crippen molar-refractivity contribution in [3.05, 3.63) is 102 Å². The molecule has 5 aromatic rings. The summed E-state index contributed by atoms with van der Waals surface area (Å²) in [6, 6.07) is 30.0. The van der Waals surface area contributed by atoms with Gasteiger partial charge in [-0.25, -0.2) is 4.98 Å². The summed E-state index contributed by atoms with van der Waals surface area (Å²) < 4.78 is 16.7. The Hall–Kier alpha value is -4.91. The molecule has 206 valence electrons. The minimum Gasteiger partial charge on any atom is -0.497 e. The Bertz CT molecular complexity index is 1670. The van der Waals surface area contributed by atoms with E-state index in [1.165, 1.54) is 0 Å². The van der Waals surface area contributed by atoms with Crippen LogP contribution < -0.4 is 10.1 Å². The molecule has 2 heterocycles. The lowest BCUT2D eigenvalue weighted by Crippen LogP contribution is -2.10. The quantitative estimate of drug-likeness (QED) is 0.187. The highest BCUT2D eigenvalue weighted by atomic mass is 16.5. The van der Waals surface area contributed by atoms with Gasteiger partial charge in [0.1, 0.15) is 29.1 Å². The van der Waals surface area contributed by atoms with Crippen LogP contribution in [-0.4, -0.2) is 23.2 Å². The molecule has 7 nitrogen and oxygen atoms in total. The summed E-state index contributed by atoms with van der Waals surface area (Å²) in [6.07, 6.45) is 1.63. The largest absolute Gasteiger partial charge is 0.497 e. The molecule has 3 aromatic carbocycles. The Morgan fingerprint density at radius 2 is 1.59 bits per heavy atom. The van der Waals surface area contributed by atoms with Crippen LogP contribution in [0.2, 0.25) is 0 Å². The van der Waals surface area contributed by atoms with E-state index in [2.05, 4.69) is 34.7 Å². The van der Waals surface area contributed by atoms with Gasteiger partial charge in [0.25, 0.3) is 0 Å². The molecule has 6 rings (SSSR count). The summed E-state index contributed by atoms with van der Waals surface area (Å²) in [7, 11) is 1.65. The Kier molecular flexibility index (Phi) is 7.25. The third kappa shape index (κ3) is 5.84. The molecule has 7 heteroatoms. The third-order valence-corrected chi connectivity index (χ3v) is 7.29. The summed E-state index contributed by atoms with van der Waals surface area (Å²) in [5.74, 6) is 2.12. The summed E-state index contributed by atoms with van der Waals surface area (Å²) in [5.41, 5.74) is 7.34. The minimum atomic E-state index is -0.258. The van der Waals surface area contributed by atoms with Crippen molar-refractivity contribution in [1.29, 1.82) is 0 Å². The molecule has 1 atom stereocenters. The molecule has 1 aliphatic rings. The summed E-state index contributed by atoms with van der Waals surface area (Å²) in [4.78, 5) is 16.8. The highest BCUT2D eigenvalue weighted by Crippen LogP contribution is 2.35. The number of hydrogen-bond donors (Lipinski definition) is 1. The van der Waals surface area contributed by atoms with Gasteiger partial charge in [-0.2, -0.15) is 0 Å². The second-order valence-corrected chi connectivity index (χ2v) is 10.3. The fourth-order valence-corrected chi connectivity index (χ4v) is 4.71. The van der Waals surface area contributed by atoms with Crippen molar-refractivity contribution in [2.24, 2.45) is 5.92 Å². The minimum absolute atomic E-state index is 0.0889. The monoisotopic (exact) mass is 545 g/mol. The standard InChI is InChI=1S/C34H31N3O4/c1-21-32(36-31-9-5-8-30(35-31)28-6-4-7-29(20-28)39-3)33(41-37-21)26-16-14-25(15-17-26)24-12-10-23(11-13-24)22(2)40-34(38)27-18-19-27/h4-17,20,22,27H,18-19H2,1-3H3,(H,35,36). The molecule has 0 aliphatic heterocycles. The number of carbonyl (C=O) groups excluding carboxylic acids is 1. The van der Waals surface area contributed by atoms with Crippen molar-refractivity contribution in [1.82, 2.24) is 10.1 Å². The van der Waals surface area contributed by atoms with E-state index in [4.69, 9.17) is 19.0 Å². The number of nitrogens with one attached hydrogen (secondary N) is 1. The van der Waals surface area contributed by atoms with E-state index in [0.29, 0.717) is 11.6 Å². The van der Waals surface area contributed by atoms with Gasteiger partial charge in [-0.3, -0.25) is 4.79 Å². The molecule has 1 saturated carbocycles. The molecule has 0 spiro atoms. The predicted octanol–water partition coefficient (Wildman–Crippen LogP) is 8.15. The SMILES string of the molecule is COc1cccc(-c2cccc(Nc3c(C)noc3-c3ccc(-c4ccc(C(C)OC(=O)C5CC5)cc4)cc3)n2)c1. The van der Waals surface area contributed by atoms with Crippen molar-refractivity contribution in [2.45, 2.75) is 32.8 Å². The average Bonchev–Trinajstić information content (AvgIpc) is 3.81. The maximum atomic E-state index is 12.0. The number of methoxy groups -OCH3 is 1. The van der Waals surface area contributed by atoms with Gasteiger partial charge in [-0.05, 0) is 67.6 Å². The first kappa shape index (κ1) is 26.3. The van der Waals surface area contributed by atoms with Gasteiger partial charge >= 0.3 is 5.97 Å². The van der Waals surface area contributed by atoms with Crippen LogP contribution in [0.15, 0.2) is 95.5 Å². The number of benzene rings is 3. The molecule has 1 aliphatic carbocycles. The van der Waals surface area contributed by atoms with E-state index in [0.717, 1.165) is 63.5 Å². The van der Waals surface area contributed by atoms with E-state index in [9.17, 15) is 4.79 Å². The van der Waals surface area contributed by atoms with Crippen LogP contribution in [0, 0.1) is 12.8 Å². The van der Waals surface area contributed by atoms with Gasteiger partial charge in [0.15, 0.2) is 5.76 Å². The van der Waals surface area contributed by atoms with E-state index >= 15 is 0 Å². The smallest absolute Gasteiger partial charge is 0.309 e. The first-order chi connectivity index (χ1) is 20.0. The van der Waals surface area contributed by atoms with Crippen molar-refractivity contribution in [3.63, 3.8) is 0 Å². The third-order valence-electron chi connectivity index (χ3n) is 7.29. The van der Waals surface area contributed by atoms with Crippen molar-refractivity contribution in [3.8, 4) is 39.5 Å². The number of aryl methyl sites for hydroxylation is 1. The van der Waals surface area contributed by atoms with E-state index in [1.54, 1.807) is 7.11 Å². The molecule has 41 heavy (non-hydrogen) atoms. The fourth-order valence-electron chi connectivity index (χ4n) is 4.71. The zero-order chi connectivity index (χ0) is 28.3. The number of nitrogens with zero attached hydrogens (tertiary/aromatic N) is 2. The molecule has 0 radical (unpaired) electrons. The van der Waals surface area contributed by atoms with Crippen LogP contribution in [0.3, 0.4) is 0 Å². The van der Waals surface area contributed by atoms with E-state index in [-0.39, 0.29) is 18.0 Å². The Morgan fingerprint density at radius 3 is 2.29 bits per heavy atom. The van der Waals surface area contributed by atoms with Gasteiger partial charge in [-0.15, -0.1) is 0 Å². The zero-order valence-electron chi connectivity index (χ0n) is 23.3. The Morgan fingerprint density at radius 1 is 0.902 bits per heavy atom. The molecular weight excluding hydrogens is 514 g/mol. The molecule has 1 N–H and O–H groups in total. The number of aromatic nitrogens is 2. The zero-order valence-corrected chi connectivity index (χ0v) is 23.3. The van der Waals surface area contributed by atoms with Gasteiger partial charge in [0, 0.05) is 11.1 Å². The second-order valence-electron chi connectivity index (χ2n) is 10.3. The van der Waals surface area contributed by atoms with Crippen LogP contribution in [0.25, 0.3) is 33.7 Å². The van der Waals surface area contributed by atoms with Crippen molar-refractivity contribution in [2.75, 3.05) is 12.4 Å². The fraction of sp³-hybridized carbons (Fsp3) is 0.206. The lowest BCUT2D eigenvalue weighted by Gasteiger charge is -2.14. The highest BCUT2D eigenvalue weighted by molar-refractivity contribution is 5.79. The van der Waals surface area contributed by atoms with Crippen LogP contribution >= 0.6 is 0 Å². The molecule has 0 saturated heterocycles. The summed E-state index contributed by atoms with van der Waals surface area (Å²) >= 11 is 0. The first-order valence-corrected chi connectivity index (χ1v) is 13.7. The topological polar surface area (TPSA) is 86.5 Å². The van der Waals surface area contributed by atoms with Gasteiger partial charge in [0.2, 0.25) is 0 Å². The van der Waals surface area contributed by atoms with Crippen LogP contribution in [0.5, 0.6) is 5.75 Å². The van der Waals surface area contributed by atoms with Crippen molar-refractivity contribution >= 4 is 17.5 Å². The Labute approximate surface area is 239 Å². The normalized spacial score (nSPS) is 13.4. The van der Waals surface area contributed by atoms with Crippen molar-refractivity contribution < 1.29 is 18.8 Å². The Balaban J connectivity index is 1.18. The highest BCUT2D eigenvalue weighted by Gasteiger charge is 2.32. The van der Waals surface area contributed by atoms with Crippen LogP contribution in [0.4, 0.5) is 11.5 Å². The number of pyridine rings is 1. The van der Waals surface area contributed by atoms with E-state index < -0.39 is 0 Å². The summed E-state index contributed by atoms with van der Waals surface area (Å²) in [6.45, 7) is 3.82. The predicted molar refractivity (Wildman–Crippen MR) is 159 cm³/mol. The van der Waals surface area contributed by atoms with Gasteiger partial charge in [-0.1, -0.05) is 71.9 Å². The molecule has 2 aromatic heterocycles. The summed E-state index contributed by atoms with van der Waals surface area (Å²) in [5, 5.41) is 7.63. The lowest BCUT2D eigenvalue weighted by molar-refractivity contribution is -0.150. The number of ether oxygens (including phenoxy) is 2. The maximum Gasteiger partial charge on any atom is 0.309 e. The number of esters is 1. The van der Waals surface area contributed by atoms with E-state index in [1.807, 2.05) is 80.6 Å². The number of rotatable bonds is 9. The molecule has 0 bridgehead atoms. The number of hydrogen-bond acceptors (Lipinski definition) is 7. The molecular formula is C34H31N3O4. The molecule has 0 amide bonds. The first-order valence-electron chi connectivity index (χ1n) is 13.7. The number of anilines is 2. The molecule has 1 fully saturated rings. The lowest BCUT2D eigenvalue weighted by atomic mass is 10.0. The number of carbonyl (C=O) groups is 1. The van der Waals surface area contributed by atoms with Crippen LogP contribution in [-0.2, 0) is 9.53 Å². The average molecular weight is 546 g/mol. The second kappa shape index (κ2) is 11.3. The van der Waals surface area contributed by atoms with Crippen LogP contribution in [0.1, 0.15) is 37.1 Å². The van der Waals surface area contributed by atoms with Gasteiger partial charge in [0.05, 0.1) is 18.7 Å². The van der Waals surface area contributed by atoms with Gasteiger partial charge < -0.3 is 19.3 Å².